The standard InChI is InChI=1S/C10H14OS.C6H12.CHF3O3S/c1-10(2,3)9(11)7-8-5-4-6-12-8;1-2-4-6-5-3-1;2-1(3,4)8(5,6)7/h4-6H,7H2,1-3H3;1-6H2;(H,5,6,7). The van der Waals surface area contributed by atoms with Crippen LogP contribution in [0.15, 0.2) is 17.5 Å². The van der Waals surface area contributed by atoms with Gasteiger partial charge < -0.3 is 0 Å². The minimum Gasteiger partial charge on any atom is -0.299 e. The van der Waals surface area contributed by atoms with E-state index in [0.717, 1.165) is 4.88 Å². The first kappa shape index (κ1) is 25.1. The smallest absolute Gasteiger partial charge is 0.299 e. The average Bonchev–Trinajstić information content (AvgIpc) is 3.00. The number of halogens is 3. The third-order valence-electron chi connectivity index (χ3n) is 3.54. The molecule has 0 bridgehead atoms. The zero-order chi connectivity index (χ0) is 20.4. The molecule has 152 valence electrons. The average molecular weight is 417 g/mol. The van der Waals surface area contributed by atoms with Crippen molar-refractivity contribution >= 4 is 27.2 Å². The summed E-state index contributed by atoms with van der Waals surface area (Å²) in [7, 11) is -5.84. The first-order chi connectivity index (χ1) is 11.7. The highest BCUT2D eigenvalue weighted by Crippen LogP contribution is 2.21. The van der Waals surface area contributed by atoms with E-state index in [-0.39, 0.29) is 5.41 Å². The molecule has 4 nitrogen and oxygen atoms in total. The molecule has 1 saturated carbocycles. The van der Waals surface area contributed by atoms with Crippen molar-refractivity contribution in [3.05, 3.63) is 22.4 Å². The van der Waals surface area contributed by atoms with Gasteiger partial charge in [0, 0.05) is 16.7 Å². The van der Waals surface area contributed by atoms with E-state index in [1.165, 1.54) is 38.5 Å². The van der Waals surface area contributed by atoms with E-state index < -0.39 is 15.6 Å². The molecule has 0 aromatic carbocycles. The van der Waals surface area contributed by atoms with Crippen molar-refractivity contribution in [1.29, 1.82) is 0 Å². The molecule has 2 rings (SSSR count). The summed E-state index contributed by atoms with van der Waals surface area (Å²) in [4.78, 5) is 12.7. The summed E-state index contributed by atoms with van der Waals surface area (Å²) in [6, 6.07) is 3.99. The highest BCUT2D eigenvalue weighted by atomic mass is 32.2. The number of Topliss-reactive ketones (excluding diaryl/α,β-unsaturated/α-hetero) is 1. The van der Waals surface area contributed by atoms with E-state index in [1.54, 1.807) is 11.3 Å². The van der Waals surface area contributed by atoms with Gasteiger partial charge in [-0.05, 0) is 11.4 Å². The summed E-state index contributed by atoms with van der Waals surface area (Å²) < 4.78 is 57.5. The number of rotatable bonds is 2. The first-order valence-electron chi connectivity index (χ1n) is 8.34. The molecule has 1 fully saturated rings. The predicted molar refractivity (Wildman–Crippen MR) is 97.8 cm³/mol. The molecule has 0 atom stereocenters. The Bertz CT molecular complexity index is 600. The maximum atomic E-state index is 11.5. The zero-order valence-corrected chi connectivity index (χ0v) is 16.9. The Morgan fingerprint density at radius 3 is 1.69 bits per heavy atom. The topological polar surface area (TPSA) is 71.4 Å². The van der Waals surface area contributed by atoms with Gasteiger partial charge in [-0.2, -0.15) is 21.6 Å². The summed E-state index contributed by atoms with van der Waals surface area (Å²) in [5.41, 5.74) is -5.74. The minimum atomic E-state index is -5.84. The molecule has 1 aromatic rings. The van der Waals surface area contributed by atoms with Crippen LogP contribution in [-0.4, -0.2) is 24.3 Å². The van der Waals surface area contributed by atoms with E-state index in [2.05, 4.69) is 0 Å². The van der Waals surface area contributed by atoms with Crippen molar-refractivity contribution in [1.82, 2.24) is 0 Å². The SMILES string of the molecule is C1CCCCC1.CC(C)(C)C(=O)Cc1cccs1.O=S(=O)(O)C(F)(F)F. The number of carbonyl (C=O) groups excluding carboxylic acids is 1. The van der Waals surface area contributed by atoms with Crippen LogP contribution in [-0.2, 0) is 21.3 Å². The highest BCUT2D eigenvalue weighted by molar-refractivity contribution is 7.86. The molecule has 26 heavy (non-hydrogen) atoms. The summed E-state index contributed by atoms with van der Waals surface area (Å²) >= 11 is 1.65. The van der Waals surface area contributed by atoms with Crippen LogP contribution in [0.5, 0.6) is 0 Å². The lowest BCUT2D eigenvalue weighted by Crippen LogP contribution is -2.21. The van der Waals surface area contributed by atoms with Gasteiger partial charge in [0.05, 0.1) is 0 Å². The van der Waals surface area contributed by atoms with Crippen molar-refractivity contribution < 1.29 is 30.9 Å². The molecule has 1 aliphatic carbocycles. The van der Waals surface area contributed by atoms with Crippen molar-refractivity contribution in [2.75, 3.05) is 0 Å². The number of ketones is 1. The van der Waals surface area contributed by atoms with Crippen LogP contribution in [0.1, 0.15) is 64.2 Å². The molecular weight excluding hydrogens is 389 g/mol. The Morgan fingerprint density at radius 2 is 1.46 bits per heavy atom. The maximum absolute atomic E-state index is 11.5. The summed E-state index contributed by atoms with van der Waals surface area (Å²) in [5.74, 6) is 0.310. The molecular formula is C17H27F3O4S2. The van der Waals surface area contributed by atoms with Gasteiger partial charge in [-0.15, -0.1) is 11.3 Å². The van der Waals surface area contributed by atoms with Gasteiger partial charge in [-0.25, -0.2) is 0 Å². The lowest BCUT2D eigenvalue weighted by atomic mass is 9.89. The summed E-state index contributed by atoms with van der Waals surface area (Å²) in [6.45, 7) is 5.88. The van der Waals surface area contributed by atoms with E-state index in [4.69, 9.17) is 13.0 Å². The van der Waals surface area contributed by atoms with Crippen LogP contribution >= 0.6 is 11.3 Å². The van der Waals surface area contributed by atoms with Gasteiger partial charge in [0.2, 0.25) is 0 Å². The van der Waals surface area contributed by atoms with Crippen LogP contribution in [0.4, 0.5) is 13.2 Å². The second-order valence-electron chi connectivity index (χ2n) is 6.97. The van der Waals surface area contributed by atoms with Crippen molar-refractivity contribution in [3.8, 4) is 0 Å². The molecule has 0 radical (unpaired) electrons. The van der Waals surface area contributed by atoms with Crippen LogP contribution in [0.3, 0.4) is 0 Å². The van der Waals surface area contributed by atoms with Gasteiger partial charge in [-0.3, -0.25) is 9.35 Å². The third-order valence-corrected chi connectivity index (χ3v) is 5.01. The first-order valence-corrected chi connectivity index (χ1v) is 10.7. The molecule has 0 unspecified atom stereocenters. The largest absolute Gasteiger partial charge is 0.522 e. The molecule has 1 aromatic heterocycles. The molecule has 0 aliphatic heterocycles. The zero-order valence-electron chi connectivity index (χ0n) is 15.3. The Kier molecular flexibility index (Phi) is 10.6. The monoisotopic (exact) mass is 416 g/mol. The van der Waals surface area contributed by atoms with Crippen molar-refractivity contribution in [2.24, 2.45) is 5.41 Å². The second kappa shape index (κ2) is 11.0. The third kappa shape index (κ3) is 11.6. The number of hydrogen-bond acceptors (Lipinski definition) is 4. The molecule has 1 N–H and O–H groups in total. The van der Waals surface area contributed by atoms with E-state index in [0.29, 0.717) is 12.2 Å². The number of carbonyl (C=O) groups is 1. The normalized spacial score (nSPS) is 15.2. The Labute approximate surface area is 157 Å². The van der Waals surface area contributed by atoms with Gasteiger partial charge in [0.1, 0.15) is 5.78 Å². The van der Waals surface area contributed by atoms with Gasteiger partial charge in [-0.1, -0.05) is 65.4 Å². The van der Waals surface area contributed by atoms with Gasteiger partial charge in [0.15, 0.2) is 0 Å². The fourth-order valence-corrected chi connectivity index (χ4v) is 2.60. The Balaban J connectivity index is 0.000000387. The molecule has 1 heterocycles. The maximum Gasteiger partial charge on any atom is 0.522 e. The Hall–Kier alpha value is -0.930. The number of thiophene rings is 1. The van der Waals surface area contributed by atoms with Crippen molar-refractivity contribution in [2.45, 2.75) is 71.2 Å². The molecule has 0 amide bonds. The summed E-state index contributed by atoms with van der Waals surface area (Å²) in [6.07, 6.45) is 9.58. The van der Waals surface area contributed by atoms with E-state index in [1.807, 2.05) is 38.3 Å². The number of hydrogen-bond donors (Lipinski definition) is 1. The molecule has 9 heteroatoms. The highest BCUT2D eigenvalue weighted by Gasteiger charge is 2.44. The van der Waals surface area contributed by atoms with Gasteiger partial charge >= 0.3 is 15.6 Å². The fourth-order valence-electron chi connectivity index (χ4n) is 1.90. The fraction of sp³-hybridized carbons (Fsp3) is 0.706. The quantitative estimate of drug-likeness (QED) is 0.500. The molecule has 0 spiro atoms. The van der Waals surface area contributed by atoms with Crippen LogP contribution in [0.25, 0.3) is 0 Å². The molecule has 0 saturated heterocycles. The lowest BCUT2D eigenvalue weighted by Gasteiger charge is -2.15. The van der Waals surface area contributed by atoms with Gasteiger partial charge in [0.25, 0.3) is 0 Å². The van der Waals surface area contributed by atoms with Crippen LogP contribution < -0.4 is 0 Å². The van der Waals surface area contributed by atoms with E-state index >= 15 is 0 Å². The molecule has 1 aliphatic rings. The van der Waals surface area contributed by atoms with E-state index in [9.17, 15) is 18.0 Å². The second-order valence-corrected chi connectivity index (χ2v) is 9.42. The van der Waals surface area contributed by atoms with Crippen molar-refractivity contribution in [3.63, 3.8) is 0 Å². The number of alkyl halides is 3. The van der Waals surface area contributed by atoms with Crippen LogP contribution in [0, 0.1) is 5.41 Å². The Morgan fingerprint density at radius 1 is 1.08 bits per heavy atom. The summed E-state index contributed by atoms with van der Waals surface area (Å²) in [5, 5.41) is 2.01. The minimum absolute atomic E-state index is 0.204. The lowest BCUT2D eigenvalue weighted by molar-refractivity contribution is -0.125. The van der Waals surface area contributed by atoms with Crippen LogP contribution in [0.2, 0.25) is 0 Å². The predicted octanol–water partition coefficient (Wildman–Crippen LogP) is 5.64.